The molecule has 3 aromatic rings. The summed E-state index contributed by atoms with van der Waals surface area (Å²) in [6.07, 6.45) is 0.327. The number of amides is 1. The van der Waals surface area contributed by atoms with E-state index in [0.29, 0.717) is 17.9 Å². The summed E-state index contributed by atoms with van der Waals surface area (Å²) >= 11 is 2.08. The van der Waals surface area contributed by atoms with Gasteiger partial charge in [0.05, 0.1) is 22.1 Å². The average Bonchev–Trinajstić information content (AvgIpc) is 3.09. The molecule has 7 nitrogen and oxygen atoms in total. The number of halogens is 1. The van der Waals surface area contributed by atoms with E-state index in [4.69, 9.17) is 4.42 Å². The van der Waals surface area contributed by atoms with Gasteiger partial charge in [-0.05, 0) is 66.3 Å². The van der Waals surface area contributed by atoms with Gasteiger partial charge in [-0.1, -0.05) is 29.4 Å². The molecule has 0 saturated heterocycles. The molecule has 0 unspecified atom stereocenters. The van der Waals surface area contributed by atoms with Crippen LogP contribution in [0.25, 0.3) is 0 Å². The maximum atomic E-state index is 12.3. The van der Waals surface area contributed by atoms with Crippen molar-refractivity contribution in [2.24, 2.45) is 0 Å². The number of sulfone groups is 1. The van der Waals surface area contributed by atoms with Gasteiger partial charge >= 0.3 is 6.01 Å². The number of carbonyl (C=O) groups is 1. The van der Waals surface area contributed by atoms with Crippen LogP contribution in [-0.4, -0.2) is 29.8 Å². The van der Waals surface area contributed by atoms with Crippen LogP contribution in [0.1, 0.15) is 35.7 Å². The van der Waals surface area contributed by atoms with E-state index in [2.05, 4.69) is 38.1 Å². The van der Waals surface area contributed by atoms with Crippen LogP contribution >= 0.6 is 22.6 Å². The highest BCUT2D eigenvalue weighted by atomic mass is 127. The molecular weight excluding hydrogens is 493 g/mol. The third-order valence-electron chi connectivity index (χ3n) is 4.03. The molecule has 0 spiro atoms. The summed E-state index contributed by atoms with van der Waals surface area (Å²) in [5.41, 5.74) is 1.34. The van der Waals surface area contributed by atoms with Gasteiger partial charge in [-0.3, -0.25) is 10.1 Å². The molecule has 9 heteroatoms. The van der Waals surface area contributed by atoms with E-state index in [1.54, 1.807) is 50.2 Å². The molecule has 0 aliphatic heterocycles. The lowest BCUT2D eigenvalue weighted by molar-refractivity contribution is 0.102. The molecule has 1 amide bonds. The van der Waals surface area contributed by atoms with Gasteiger partial charge < -0.3 is 4.42 Å². The highest BCUT2D eigenvalue weighted by Crippen LogP contribution is 2.19. The number of benzene rings is 2. The number of carbonyl (C=O) groups excluding carboxylic acids is 1. The van der Waals surface area contributed by atoms with Crippen LogP contribution in [0, 0.1) is 3.57 Å². The fraction of sp³-hybridized carbons (Fsp3) is 0.211. The smallest absolute Gasteiger partial charge is 0.322 e. The molecule has 146 valence electrons. The van der Waals surface area contributed by atoms with Crippen LogP contribution in [-0.2, 0) is 16.3 Å². The lowest BCUT2D eigenvalue weighted by Gasteiger charge is -2.08. The van der Waals surface area contributed by atoms with E-state index in [0.717, 1.165) is 9.13 Å². The van der Waals surface area contributed by atoms with Gasteiger partial charge in [-0.15, -0.1) is 5.10 Å². The van der Waals surface area contributed by atoms with Crippen LogP contribution in [0.15, 0.2) is 57.8 Å². The first-order valence-electron chi connectivity index (χ1n) is 8.48. The normalized spacial score (nSPS) is 11.6. The van der Waals surface area contributed by atoms with Crippen molar-refractivity contribution in [3.8, 4) is 0 Å². The predicted octanol–water partition coefficient (Wildman–Crippen LogP) is 3.70. The number of hydrogen-bond acceptors (Lipinski definition) is 6. The van der Waals surface area contributed by atoms with Gasteiger partial charge in [0.15, 0.2) is 9.84 Å². The van der Waals surface area contributed by atoms with E-state index in [-0.39, 0.29) is 16.8 Å². The summed E-state index contributed by atoms with van der Waals surface area (Å²) in [5, 5.41) is 9.87. The summed E-state index contributed by atoms with van der Waals surface area (Å²) in [6, 6.07) is 13.7. The summed E-state index contributed by atoms with van der Waals surface area (Å²) in [6.45, 7) is 3.29. The molecule has 0 bridgehead atoms. The standard InChI is InChI=1S/C19H18IN3O4S/c1-12(2)28(25,26)14-9-7-13(8-10-14)11-17-22-23-19(27-17)21-18(24)15-5-3-4-6-16(15)20/h3-10,12H,11H2,1-2H3,(H,21,23,24). The number of anilines is 1. The first-order valence-corrected chi connectivity index (χ1v) is 11.1. The third kappa shape index (κ3) is 4.58. The Morgan fingerprint density at radius 2 is 1.79 bits per heavy atom. The average molecular weight is 511 g/mol. The zero-order chi connectivity index (χ0) is 20.3. The van der Waals surface area contributed by atoms with Gasteiger partial charge in [0.1, 0.15) is 0 Å². The Hall–Kier alpha value is -2.27. The minimum atomic E-state index is -3.31. The molecule has 0 saturated carbocycles. The van der Waals surface area contributed by atoms with Gasteiger partial charge in [0.25, 0.3) is 5.91 Å². The zero-order valence-electron chi connectivity index (χ0n) is 15.2. The molecule has 0 radical (unpaired) electrons. The van der Waals surface area contributed by atoms with E-state index < -0.39 is 15.1 Å². The maximum Gasteiger partial charge on any atom is 0.322 e. The molecular formula is C19H18IN3O4S. The van der Waals surface area contributed by atoms with E-state index >= 15 is 0 Å². The van der Waals surface area contributed by atoms with Crippen molar-refractivity contribution in [2.75, 3.05) is 5.32 Å². The Labute approximate surface area is 176 Å². The van der Waals surface area contributed by atoms with Crippen molar-refractivity contribution >= 4 is 44.3 Å². The number of aromatic nitrogens is 2. The Bertz CT molecular complexity index is 1090. The van der Waals surface area contributed by atoms with Crippen LogP contribution in [0.3, 0.4) is 0 Å². The summed E-state index contributed by atoms with van der Waals surface area (Å²) in [4.78, 5) is 12.6. The molecule has 0 atom stereocenters. The first kappa shape index (κ1) is 20.5. The maximum absolute atomic E-state index is 12.3. The molecule has 28 heavy (non-hydrogen) atoms. The first-order chi connectivity index (χ1) is 13.3. The number of nitrogens with zero attached hydrogens (tertiary/aromatic N) is 2. The monoisotopic (exact) mass is 511 g/mol. The molecule has 2 aromatic carbocycles. The van der Waals surface area contributed by atoms with Gasteiger partial charge in [0, 0.05) is 3.57 Å². The fourth-order valence-corrected chi connectivity index (χ4v) is 4.12. The van der Waals surface area contributed by atoms with E-state index in [1.807, 2.05) is 12.1 Å². The van der Waals surface area contributed by atoms with E-state index in [1.165, 1.54) is 0 Å². The van der Waals surface area contributed by atoms with Gasteiger partial charge in [0.2, 0.25) is 5.89 Å². The second-order valence-corrected chi connectivity index (χ2v) is 10.0. The molecule has 0 aliphatic rings. The van der Waals surface area contributed by atoms with Gasteiger partial charge in [-0.25, -0.2) is 8.42 Å². The molecule has 1 aromatic heterocycles. The van der Waals surface area contributed by atoms with Crippen LogP contribution in [0.5, 0.6) is 0 Å². The summed E-state index contributed by atoms with van der Waals surface area (Å²) < 4.78 is 30.6. The third-order valence-corrected chi connectivity index (χ3v) is 7.14. The second-order valence-electron chi connectivity index (χ2n) is 6.35. The highest BCUT2D eigenvalue weighted by molar-refractivity contribution is 14.1. The van der Waals surface area contributed by atoms with Crippen molar-refractivity contribution in [3.63, 3.8) is 0 Å². The quantitative estimate of drug-likeness (QED) is 0.507. The molecule has 1 N–H and O–H groups in total. The van der Waals surface area contributed by atoms with Crippen molar-refractivity contribution in [1.82, 2.24) is 10.2 Å². The van der Waals surface area contributed by atoms with Crippen LogP contribution in [0.4, 0.5) is 6.01 Å². The summed E-state index contributed by atoms with van der Waals surface area (Å²) in [5.74, 6) is -0.0130. The topological polar surface area (TPSA) is 102 Å². The Morgan fingerprint density at radius 3 is 2.43 bits per heavy atom. The second kappa shape index (κ2) is 8.39. The van der Waals surface area contributed by atoms with Crippen molar-refractivity contribution < 1.29 is 17.6 Å². The minimum absolute atomic E-state index is 0.0126. The number of rotatable bonds is 6. The molecule has 0 fully saturated rings. The largest absolute Gasteiger partial charge is 0.407 e. The van der Waals surface area contributed by atoms with Crippen molar-refractivity contribution in [1.29, 1.82) is 0 Å². The predicted molar refractivity (Wildman–Crippen MR) is 113 cm³/mol. The van der Waals surface area contributed by atoms with Crippen LogP contribution < -0.4 is 5.32 Å². The lowest BCUT2D eigenvalue weighted by atomic mass is 10.1. The van der Waals surface area contributed by atoms with Crippen molar-refractivity contribution in [3.05, 3.63) is 69.1 Å². The Kier molecular flexibility index (Phi) is 6.14. The molecule has 1 heterocycles. The number of hydrogen-bond donors (Lipinski definition) is 1. The van der Waals surface area contributed by atoms with Crippen molar-refractivity contribution in [2.45, 2.75) is 30.4 Å². The number of nitrogens with one attached hydrogen (secondary N) is 1. The molecule has 0 aliphatic carbocycles. The Morgan fingerprint density at radius 1 is 1.11 bits per heavy atom. The highest BCUT2D eigenvalue weighted by Gasteiger charge is 2.19. The Balaban J connectivity index is 1.68. The summed E-state index contributed by atoms with van der Waals surface area (Å²) in [7, 11) is -3.31. The lowest BCUT2D eigenvalue weighted by Crippen LogP contribution is -2.13. The van der Waals surface area contributed by atoms with Crippen LogP contribution in [0.2, 0.25) is 0 Å². The van der Waals surface area contributed by atoms with Gasteiger partial charge in [-0.2, -0.15) is 0 Å². The SMILES string of the molecule is CC(C)S(=O)(=O)c1ccc(Cc2nnc(NC(=O)c3ccccc3I)o2)cc1. The van der Waals surface area contributed by atoms with E-state index in [9.17, 15) is 13.2 Å². The zero-order valence-corrected chi connectivity index (χ0v) is 18.2. The fourth-order valence-electron chi connectivity index (χ4n) is 2.43. The minimum Gasteiger partial charge on any atom is -0.407 e. The molecule has 3 rings (SSSR count).